The highest BCUT2D eigenvalue weighted by Crippen LogP contribution is 2.29. The van der Waals surface area contributed by atoms with E-state index in [1.165, 1.54) is 0 Å². The number of aliphatic hydroxyl groups is 1. The number of nitrogens with one attached hydrogen (secondary N) is 2. The molecule has 3 rings (SSSR count). The summed E-state index contributed by atoms with van der Waals surface area (Å²) < 4.78 is 5.86. The van der Waals surface area contributed by atoms with Gasteiger partial charge in [-0.15, -0.1) is 0 Å². The molecule has 1 fully saturated rings. The molecule has 0 saturated carbocycles. The molecule has 1 aromatic carbocycles. The first-order chi connectivity index (χ1) is 10.1. The molecule has 3 N–H and O–H groups in total. The van der Waals surface area contributed by atoms with Crippen LogP contribution in [0.25, 0.3) is 11.0 Å². The lowest BCUT2D eigenvalue weighted by molar-refractivity contribution is -0.123. The fourth-order valence-corrected chi connectivity index (χ4v) is 2.90. The predicted octanol–water partition coefficient (Wildman–Crippen LogP) is 1.64. The van der Waals surface area contributed by atoms with Gasteiger partial charge in [0.25, 0.3) is 0 Å². The van der Waals surface area contributed by atoms with E-state index >= 15 is 0 Å². The Morgan fingerprint density at radius 2 is 2.24 bits per heavy atom. The summed E-state index contributed by atoms with van der Waals surface area (Å²) in [5, 5.41) is 16.5. The molecule has 1 amide bonds. The highest BCUT2D eigenvalue weighted by Gasteiger charge is 2.29. The van der Waals surface area contributed by atoms with Crippen molar-refractivity contribution in [2.24, 2.45) is 0 Å². The van der Waals surface area contributed by atoms with E-state index in [1.54, 1.807) is 0 Å². The van der Waals surface area contributed by atoms with Gasteiger partial charge in [0, 0.05) is 17.5 Å². The zero-order valence-corrected chi connectivity index (χ0v) is 12.2. The van der Waals surface area contributed by atoms with Crippen molar-refractivity contribution in [3.05, 3.63) is 35.6 Å². The van der Waals surface area contributed by atoms with Crippen LogP contribution in [-0.2, 0) is 4.79 Å². The molecule has 5 nitrogen and oxygen atoms in total. The standard InChI is InChI=1S/C16H20N2O3/c1-9-12-5-3-4-6-14(12)21-15(9)10(2)18-16(20)13-7-11(19)8-17-13/h3-6,10-11,13,17,19H,7-8H2,1-2H3,(H,18,20)/t10-,11+,13+/m0/s1. The molecule has 0 bridgehead atoms. The summed E-state index contributed by atoms with van der Waals surface area (Å²) in [6, 6.07) is 7.32. The van der Waals surface area contributed by atoms with E-state index in [2.05, 4.69) is 10.6 Å². The average molecular weight is 288 g/mol. The summed E-state index contributed by atoms with van der Waals surface area (Å²) >= 11 is 0. The van der Waals surface area contributed by atoms with Crippen LogP contribution in [0.15, 0.2) is 28.7 Å². The first-order valence-electron chi connectivity index (χ1n) is 7.26. The number of aliphatic hydroxyl groups excluding tert-OH is 1. The fourth-order valence-electron chi connectivity index (χ4n) is 2.90. The zero-order chi connectivity index (χ0) is 15.0. The molecule has 1 aliphatic heterocycles. The quantitative estimate of drug-likeness (QED) is 0.802. The molecule has 2 heterocycles. The van der Waals surface area contributed by atoms with Gasteiger partial charge in [0.1, 0.15) is 11.3 Å². The van der Waals surface area contributed by atoms with Crippen molar-refractivity contribution in [2.75, 3.05) is 6.54 Å². The molecular weight excluding hydrogens is 268 g/mol. The maximum absolute atomic E-state index is 12.2. The third-order valence-electron chi connectivity index (χ3n) is 4.06. The molecule has 1 aliphatic rings. The van der Waals surface area contributed by atoms with Gasteiger partial charge in [-0.25, -0.2) is 0 Å². The van der Waals surface area contributed by atoms with Crippen LogP contribution in [-0.4, -0.2) is 29.7 Å². The highest BCUT2D eigenvalue weighted by molar-refractivity contribution is 5.84. The Balaban J connectivity index is 1.76. The summed E-state index contributed by atoms with van der Waals surface area (Å²) in [5.74, 6) is 0.682. The molecule has 112 valence electrons. The van der Waals surface area contributed by atoms with Crippen LogP contribution < -0.4 is 10.6 Å². The first kappa shape index (κ1) is 14.1. The van der Waals surface area contributed by atoms with Crippen molar-refractivity contribution in [1.29, 1.82) is 0 Å². The van der Waals surface area contributed by atoms with Crippen LogP contribution in [0.2, 0.25) is 0 Å². The maximum atomic E-state index is 12.2. The van der Waals surface area contributed by atoms with E-state index in [0.717, 1.165) is 22.3 Å². The highest BCUT2D eigenvalue weighted by atomic mass is 16.3. The van der Waals surface area contributed by atoms with Crippen LogP contribution in [0, 0.1) is 6.92 Å². The third kappa shape index (κ3) is 2.66. The zero-order valence-electron chi connectivity index (χ0n) is 12.2. The molecule has 21 heavy (non-hydrogen) atoms. The van der Waals surface area contributed by atoms with Crippen molar-refractivity contribution in [3.63, 3.8) is 0 Å². The Labute approximate surface area is 123 Å². The van der Waals surface area contributed by atoms with Gasteiger partial charge in [0.15, 0.2) is 0 Å². The van der Waals surface area contributed by atoms with Crippen LogP contribution in [0.1, 0.15) is 30.7 Å². The van der Waals surface area contributed by atoms with Gasteiger partial charge in [-0.3, -0.25) is 4.79 Å². The number of β-amino-alcohol motifs (C(OH)–C–C–N with tert-alkyl or cyclic N) is 1. The Hall–Kier alpha value is -1.85. The Kier molecular flexibility index (Phi) is 3.69. The predicted molar refractivity (Wildman–Crippen MR) is 79.9 cm³/mol. The number of hydrogen-bond donors (Lipinski definition) is 3. The Bertz CT molecular complexity index is 665. The topological polar surface area (TPSA) is 74.5 Å². The third-order valence-corrected chi connectivity index (χ3v) is 4.06. The Morgan fingerprint density at radius 1 is 1.48 bits per heavy atom. The SMILES string of the molecule is Cc1c([C@H](C)NC(=O)[C@H]2C[C@@H](O)CN2)oc2ccccc12. The second-order valence-corrected chi connectivity index (χ2v) is 5.67. The number of fused-ring (bicyclic) bond motifs is 1. The smallest absolute Gasteiger partial charge is 0.237 e. The molecule has 2 aromatic rings. The summed E-state index contributed by atoms with van der Waals surface area (Å²) in [5.41, 5.74) is 1.89. The Morgan fingerprint density at radius 3 is 2.90 bits per heavy atom. The number of aryl methyl sites for hydroxylation is 1. The van der Waals surface area contributed by atoms with Crippen LogP contribution in [0.4, 0.5) is 0 Å². The molecule has 0 unspecified atom stereocenters. The number of rotatable bonds is 3. The summed E-state index contributed by atoms with van der Waals surface area (Å²) in [4.78, 5) is 12.2. The van der Waals surface area contributed by atoms with Crippen molar-refractivity contribution in [1.82, 2.24) is 10.6 Å². The molecule has 0 radical (unpaired) electrons. The van der Waals surface area contributed by atoms with E-state index in [0.29, 0.717) is 13.0 Å². The van der Waals surface area contributed by atoms with E-state index in [1.807, 2.05) is 38.1 Å². The molecule has 5 heteroatoms. The normalized spacial score (nSPS) is 23.4. The molecular formula is C16H20N2O3. The lowest BCUT2D eigenvalue weighted by atomic mass is 10.1. The number of para-hydroxylation sites is 1. The first-order valence-corrected chi connectivity index (χ1v) is 7.26. The van der Waals surface area contributed by atoms with E-state index in [-0.39, 0.29) is 18.0 Å². The minimum atomic E-state index is -0.441. The largest absolute Gasteiger partial charge is 0.459 e. The maximum Gasteiger partial charge on any atom is 0.237 e. The minimum absolute atomic E-state index is 0.0982. The summed E-state index contributed by atoms with van der Waals surface area (Å²) in [6.45, 7) is 4.38. The van der Waals surface area contributed by atoms with Gasteiger partial charge in [-0.2, -0.15) is 0 Å². The molecule has 0 aliphatic carbocycles. The van der Waals surface area contributed by atoms with Crippen molar-refractivity contribution in [3.8, 4) is 0 Å². The molecule has 1 saturated heterocycles. The number of benzene rings is 1. The van der Waals surface area contributed by atoms with Gasteiger partial charge in [-0.05, 0) is 26.3 Å². The van der Waals surface area contributed by atoms with Gasteiger partial charge in [0.05, 0.1) is 18.2 Å². The van der Waals surface area contributed by atoms with Crippen molar-refractivity contribution in [2.45, 2.75) is 38.5 Å². The summed E-state index contributed by atoms with van der Waals surface area (Å²) in [7, 11) is 0. The number of carbonyl (C=O) groups is 1. The van der Waals surface area contributed by atoms with Crippen molar-refractivity contribution < 1.29 is 14.3 Å². The number of carbonyl (C=O) groups excluding carboxylic acids is 1. The number of amides is 1. The van der Waals surface area contributed by atoms with E-state index in [9.17, 15) is 9.90 Å². The van der Waals surface area contributed by atoms with Crippen LogP contribution in [0.5, 0.6) is 0 Å². The second-order valence-electron chi connectivity index (χ2n) is 5.67. The van der Waals surface area contributed by atoms with Gasteiger partial charge in [0.2, 0.25) is 5.91 Å². The fraction of sp³-hybridized carbons (Fsp3) is 0.438. The molecule has 0 spiro atoms. The van der Waals surface area contributed by atoms with E-state index in [4.69, 9.17) is 4.42 Å². The second kappa shape index (κ2) is 5.50. The average Bonchev–Trinajstić information content (AvgIpc) is 3.04. The van der Waals surface area contributed by atoms with Crippen LogP contribution >= 0.6 is 0 Å². The lowest BCUT2D eigenvalue weighted by Crippen LogP contribution is -2.41. The van der Waals surface area contributed by atoms with Gasteiger partial charge in [-0.1, -0.05) is 18.2 Å². The number of furan rings is 1. The van der Waals surface area contributed by atoms with Crippen molar-refractivity contribution >= 4 is 16.9 Å². The van der Waals surface area contributed by atoms with E-state index < -0.39 is 6.10 Å². The number of hydrogen-bond acceptors (Lipinski definition) is 4. The molecule has 1 aromatic heterocycles. The van der Waals surface area contributed by atoms with Gasteiger partial charge >= 0.3 is 0 Å². The summed E-state index contributed by atoms with van der Waals surface area (Å²) in [6.07, 6.45) is 0.0153. The molecule has 3 atom stereocenters. The minimum Gasteiger partial charge on any atom is -0.459 e. The lowest BCUT2D eigenvalue weighted by Gasteiger charge is -2.16. The monoisotopic (exact) mass is 288 g/mol. The van der Waals surface area contributed by atoms with Gasteiger partial charge < -0.3 is 20.2 Å². The van der Waals surface area contributed by atoms with Crippen LogP contribution in [0.3, 0.4) is 0 Å².